The molecule has 6 heteroatoms. The number of Topliss-reactive ketones (excluding diaryl/α,β-unsaturated/α-hetero) is 1. The van der Waals surface area contributed by atoms with E-state index < -0.39 is 11.7 Å². The fraction of sp³-hybridized carbons (Fsp3) is 0.400. The lowest BCUT2D eigenvalue weighted by atomic mass is 10.1. The Morgan fingerprint density at radius 1 is 1.29 bits per heavy atom. The molecule has 2 amide bonds. The molecule has 0 aliphatic carbocycles. The van der Waals surface area contributed by atoms with Crippen molar-refractivity contribution in [1.82, 2.24) is 5.32 Å². The number of anilines is 1. The Morgan fingerprint density at radius 3 is 2.57 bits per heavy atom. The quantitative estimate of drug-likeness (QED) is 0.866. The predicted molar refractivity (Wildman–Crippen MR) is 80.6 cm³/mol. The van der Waals surface area contributed by atoms with Crippen LogP contribution in [0.25, 0.3) is 0 Å². The first-order valence-corrected chi connectivity index (χ1v) is 7.14. The van der Waals surface area contributed by atoms with E-state index in [4.69, 9.17) is 11.6 Å². The Morgan fingerprint density at radius 2 is 1.95 bits per heavy atom. The van der Waals surface area contributed by atoms with Crippen LogP contribution >= 0.6 is 11.6 Å². The molecule has 0 saturated carbocycles. The second-order valence-corrected chi connectivity index (χ2v) is 5.92. The highest BCUT2D eigenvalue weighted by Crippen LogP contribution is 2.31. The number of ketones is 1. The summed E-state index contributed by atoms with van der Waals surface area (Å²) < 4.78 is 0. The van der Waals surface area contributed by atoms with Crippen molar-refractivity contribution in [2.75, 3.05) is 11.4 Å². The van der Waals surface area contributed by atoms with Gasteiger partial charge in [0.2, 0.25) is 5.91 Å². The van der Waals surface area contributed by atoms with E-state index in [0.29, 0.717) is 10.7 Å². The molecule has 0 bridgehead atoms. The maximum Gasteiger partial charge on any atom is 0.299 e. The second kappa shape index (κ2) is 5.85. The third-order valence-corrected chi connectivity index (χ3v) is 3.86. The van der Waals surface area contributed by atoms with E-state index in [9.17, 15) is 14.4 Å². The zero-order valence-corrected chi connectivity index (χ0v) is 12.9. The Balaban J connectivity index is 2.18. The van der Waals surface area contributed by atoms with Crippen molar-refractivity contribution in [3.63, 3.8) is 0 Å². The second-order valence-electron chi connectivity index (χ2n) is 5.48. The van der Waals surface area contributed by atoms with Gasteiger partial charge in [0.05, 0.1) is 11.3 Å². The number of nitrogens with zero attached hydrogens (tertiary/aromatic N) is 1. The van der Waals surface area contributed by atoms with Gasteiger partial charge in [-0.2, -0.15) is 0 Å². The van der Waals surface area contributed by atoms with Crippen LogP contribution in [0.15, 0.2) is 18.2 Å². The molecule has 1 aromatic carbocycles. The first-order chi connectivity index (χ1) is 9.81. The van der Waals surface area contributed by atoms with E-state index in [-0.39, 0.29) is 30.0 Å². The number of nitrogens with one attached hydrogen (secondary N) is 1. The number of hydrogen-bond acceptors (Lipinski definition) is 3. The summed E-state index contributed by atoms with van der Waals surface area (Å²) in [6.07, 6.45) is 0. The Bertz CT molecular complexity index is 613. The largest absolute Gasteiger partial charge is 0.352 e. The summed E-state index contributed by atoms with van der Waals surface area (Å²) in [5.41, 5.74) is 0.680. The van der Waals surface area contributed by atoms with Crippen LogP contribution in [0.5, 0.6) is 0 Å². The molecule has 21 heavy (non-hydrogen) atoms. The van der Waals surface area contributed by atoms with Gasteiger partial charge >= 0.3 is 0 Å². The average molecular weight is 309 g/mol. The minimum absolute atomic E-state index is 0.00950. The van der Waals surface area contributed by atoms with E-state index in [1.165, 1.54) is 17.0 Å². The molecule has 1 aliphatic heterocycles. The summed E-state index contributed by atoms with van der Waals surface area (Å²) >= 11 is 5.90. The van der Waals surface area contributed by atoms with Crippen molar-refractivity contribution in [2.24, 2.45) is 5.92 Å². The van der Waals surface area contributed by atoms with Gasteiger partial charge in [-0.1, -0.05) is 25.4 Å². The zero-order valence-electron chi connectivity index (χ0n) is 12.1. The molecule has 0 aromatic heterocycles. The van der Waals surface area contributed by atoms with Gasteiger partial charge in [0.25, 0.3) is 11.7 Å². The lowest BCUT2D eigenvalue weighted by Gasteiger charge is -2.21. The summed E-state index contributed by atoms with van der Waals surface area (Å²) in [4.78, 5) is 37.0. The summed E-state index contributed by atoms with van der Waals surface area (Å²) in [5, 5.41) is 3.22. The number of halogens is 1. The highest BCUT2D eigenvalue weighted by molar-refractivity contribution is 6.53. The summed E-state index contributed by atoms with van der Waals surface area (Å²) in [5.74, 6) is -1.32. The Kier molecular flexibility index (Phi) is 4.32. The zero-order chi connectivity index (χ0) is 15.7. The summed E-state index contributed by atoms with van der Waals surface area (Å²) in [6, 6.07) is 4.58. The van der Waals surface area contributed by atoms with Crippen LogP contribution < -0.4 is 10.2 Å². The standard InChI is InChI=1S/C15H17ClN2O3/c1-8(2)9(3)17-13(19)7-18-12-6-10(16)4-5-11(12)14(20)15(18)21/h4-6,8-9H,7H2,1-3H3,(H,17,19). The third-order valence-electron chi connectivity index (χ3n) is 3.62. The molecule has 112 valence electrons. The third kappa shape index (κ3) is 3.08. The predicted octanol–water partition coefficient (Wildman–Crippen LogP) is 2.03. The van der Waals surface area contributed by atoms with Crippen LogP contribution in [0.4, 0.5) is 5.69 Å². The summed E-state index contributed by atoms with van der Waals surface area (Å²) in [6.45, 7) is 5.69. The number of carbonyl (C=O) groups excluding carboxylic acids is 3. The minimum atomic E-state index is -0.695. The van der Waals surface area contributed by atoms with Gasteiger partial charge in [-0.25, -0.2) is 0 Å². The van der Waals surface area contributed by atoms with Gasteiger partial charge in [-0.15, -0.1) is 0 Å². The van der Waals surface area contributed by atoms with Gasteiger partial charge in [-0.05, 0) is 31.0 Å². The monoisotopic (exact) mass is 308 g/mol. The number of carbonyl (C=O) groups is 3. The lowest BCUT2D eigenvalue weighted by Crippen LogP contribution is -2.44. The van der Waals surface area contributed by atoms with Gasteiger partial charge in [0.15, 0.2) is 0 Å². The van der Waals surface area contributed by atoms with Crippen molar-refractivity contribution in [3.8, 4) is 0 Å². The summed E-state index contributed by atoms with van der Waals surface area (Å²) in [7, 11) is 0. The Hall–Kier alpha value is -1.88. The van der Waals surface area contributed by atoms with Crippen molar-refractivity contribution >= 4 is 34.9 Å². The van der Waals surface area contributed by atoms with E-state index in [1.807, 2.05) is 20.8 Å². The lowest BCUT2D eigenvalue weighted by molar-refractivity contribution is -0.122. The first kappa shape index (κ1) is 15.5. The van der Waals surface area contributed by atoms with Gasteiger partial charge in [0, 0.05) is 11.1 Å². The van der Waals surface area contributed by atoms with Crippen LogP contribution in [-0.2, 0) is 9.59 Å². The van der Waals surface area contributed by atoms with Gasteiger partial charge in [0.1, 0.15) is 6.54 Å². The molecule has 0 radical (unpaired) electrons. The number of fused-ring (bicyclic) bond motifs is 1. The molecule has 0 spiro atoms. The van der Waals surface area contributed by atoms with Crippen LogP contribution in [0.2, 0.25) is 5.02 Å². The number of rotatable bonds is 4. The van der Waals surface area contributed by atoms with Crippen molar-refractivity contribution < 1.29 is 14.4 Å². The first-order valence-electron chi connectivity index (χ1n) is 6.76. The molecule has 1 aliphatic rings. The van der Waals surface area contributed by atoms with Crippen LogP contribution in [0.3, 0.4) is 0 Å². The molecule has 1 heterocycles. The van der Waals surface area contributed by atoms with E-state index in [0.717, 1.165) is 0 Å². The molecule has 2 rings (SSSR count). The van der Waals surface area contributed by atoms with Gasteiger partial charge in [-0.3, -0.25) is 19.3 Å². The molecule has 5 nitrogen and oxygen atoms in total. The molecule has 1 atom stereocenters. The highest BCUT2D eigenvalue weighted by Gasteiger charge is 2.37. The molecule has 0 fully saturated rings. The van der Waals surface area contributed by atoms with Crippen LogP contribution in [0, 0.1) is 5.92 Å². The van der Waals surface area contributed by atoms with Crippen LogP contribution in [-0.4, -0.2) is 30.2 Å². The van der Waals surface area contributed by atoms with E-state index >= 15 is 0 Å². The fourth-order valence-electron chi connectivity index (χ4n) is 2.03. The molecular weight excluding hydrogens is 292 g/mol. The maximum atomic E-state index is 12.0. The SMILES string of the molecule is CC(C)C(C)NC(=O)CN1C(=O)C(=O)c2ccc(Cl)cc21. The molecule has 1 aromatic rings. The number of amides is 2. The normalized spacial score (nSPS) is 15.4. The number of benzene rings is 1. The molecule has 1 N–H and O–H groups in total. The smallest absolute Gasteiger partial charge is 0.299 e. The Labute approximate surface area is 128 Å². The van der Waals surface area contributed by atoms with Crippen molar-refractivity contribution in [3.05, 3.63) is 28.8 Å². The average Bonchev–Trinajstić information content (AvgIpc) is 2.63. The van der Waals surface area contributed by atoms with E-state index in [1.54, 1.807) is 6.07 Å². The number of hydrogen-bond donors (Lipinski definition) is 1. The maximum absolute atomic E-state index is 12.0. The topological polar surface area (TPSA) is 66.5 Å². The van der Waals surface area contributed by atoms with Gasteiger partial charge < -0.3 is 5.32 Å². The van der Waals surface area contributed by atoms with Crippen molar-refractivity contribution in [2.45, 2.75) is 26.8 Å². The van der Waals surface area contributed by atoms with Crippen molar-refractivity contribution in [1.29, 1.82) is 0 Å². The van der Waals surface area contributed by atoms with Crippen LogP contribution in [0.1, 0.15) is 31.1 Å². The molecule has 0 saturated heterocycles. The molecule has 1 unspecified atom stereocenters. The fourth-order valence-corrected chi connectivity index (χ4v) is 2.20. The minimum Gasteiger partial charge on any atom is -0.352 e. The molecular formula is C15H17ClN2O3. The highest BCUT2D eigenvalue weighted by atomic mass is 35.5. The van der Waals surface area contributed by atoms with E-state index in [2.05, 4.69) is 5.32 Å².